The standard InChI is InChI=1S/C11H18N4O2S2/c1-11(2)8-15(5-6-18-11)19(16,17)9-3-4-10(14-12)13-7-9/h3-4,7H,5-6,8,12H2,1-2H3,(H,13,14). The summed E-state index contributed by atoms with van der Waals surface area (Å²) in [6.45, 7) is 5.16. The lowest BCUT2D eigenvalue weighted by Crippen LogP contribution is -2.46. The van der Waals surface area contributed by atoms with Crippen molar-refractivity contribution in [2.24, 2.45) is 5.84 Å². The van der Waals surface area contributed by atoms with Crippen molar-refractivity contribution in [3.8, 4) is 0 Å². The minimum absolute atomic E-state index is 0.0580. The van der Waals surface area contributed by atoms with E-state index in [4.69, 9.17) is 5.84 Å². The lowest BCUT2D eigenvalue weighted by molar-refractivity contribution is 0.387. The van der Waals surface area contributed by atoms with Gasteiger partial charge in [-0.1, -0.05) is 0 Å². The number of rotatable bonds is 3. The van der Waals surface area contributed by atoms with Crippen LogP contribution >= 0.6 is 11.8 Å². The lowest BCUT2D eigenvalue weighted by Gasteiger charge is -2.36. The Balaban J connectivity index is 2.26. The van der Waals surface area contributed by atoms with Crippen molar-refractivity contribution in [3.05, 3.63) is 18.3 Å². The average molecular weight is 302 g/mol. The van der Waals surface area contributed by atoms with Crippen LogP contribution in [0.3, 0.4) is 0 Å². The number of hydrogen-bond acceptors (Lipinski definition) is 6. The van der Waals surface area contributed by atoms with E-state index >= 15 is 0 Å². The number of thioether (sulfide) groups is 1. The molecule has 0 aromatic carbocycles. The molecule has 8 heteroatoms. The molecule has 0 atom stereocenters. The maximum absolute atomic E-state index is 12.5. The van der Waals surface area contributed by atoms with Gasteiger partial charge < -0.3 is 5.43 Å². The molecule has 0 saturated carbocycles. The van der Waals surface area contributed by atoms with E-state index in [9.17, 15) is 8.42 Å². The molecule has 3 N–H and O–H groups in total. The van der Waals surface area contributed by atoms with Gasteiger partial charge in [-0.25, -0.2) is 19.2 Å². The van der Waals surface area contributed by atoms with Crippen molar-refractivity contribution in [1.29, 1.82) is 0 Å². The Labute approximate surface area is 117 Å². The Bertz CT molecular complexity index is 542. The van der Waals surface area contributed by atoms with Crippen LogP contribution in [-0.2, 0) is 10.0 Å². The highest BCUT2D eigenvalue weighted by molar-refractivity contribution is 8.00. The lowest BCUT2D eigenvalue weighted by atomic mass is 10.2. The Hall–Kier alpha value is -0.830. The van der Waals surface area contributed by atoms with Gasteiger partial charge in [-0.05, 0) is 26.0 Å². The molecular formula is C11H18N4O2S2. The fourth-order valence-electron chi connectivity index (χ4n) is 1.95. The monoisotopic (exact) mass is 302 g/mol. The number of pyridine rings is 1. The smallest absolute Gasteiger partial charge is 0.244 e. The highest BCUT2D eigenvalue weighted by atomic mass is 32.2. The minimum Gasteiger partial charge on any atom is -0.308 e. The van der Waals surface area contributed by atoms with Crippen LogP contribution < -0.4 is 11.3 Å². The molecule has 1 saturated heterocycles. The van der Waals surface area contributed by atoms with Crippen LogP contribution in [0, 0.1) is 0 Å². The second kappa shape index (κ2) is 5.28. The molecule has 106 valence electrons. The van der Waals surface area contributed by atoms with Gasteiger partial charge in [0.25, 0.3) is 0 Å². The molecule has 6 nitrogen and oxygen atoms in total. The van der Waals surface area contributed by atoms with Crippen molar-refractivity contribution >= 4 is 27.6 Å². The van der Waals surface area contributed by atoms with Gasteiger partial charge in [-0.3, -0.25) is 0 Å². The molecule has 0 amide bonds. The summed E-state index contributed by atoms with van der Waals surface area (Å²) in [5.41, 5.74) is 2.38. The van der Waals surface area contributed by atoms with Gasteiger partial charge in [0.15, 0.2) is 0 Å². The fourth-order valence-corrected chi connectivity index (χ4v) is 4.80. The maximum atomic E-state index is 12.5. The molecule has 0 aliphatic carbocycles. The van der Waals surface area contributed by atoms with Crippen molar-refractivity contribution in [1.82, 2.24) is 9.29 Å². The van der Waals surface area contributed by atoms with Gasteiger partial charge in [0.2, 0.25) is 10.0 Å². The minimum atomic E-state index is -3.47. The van der Waals surface area contributed by atoms with E-state index in [0.29, 0.717) is 18.9 Å². The third kappa shape index (κ3) is 3.19. The predicted molar refractivity (Wildman–Crippen MR) is 77.3 cm³/mol. The largest absolute Gasteiger partial charge is 0.308 e. The normalized spacial score (nSPS) is 20.2. The molecule has 0 bridgehead atoms. The quantitative estimate of drug-likeness (QED) is 0.636. The Kier molecular flexibility index (Phi) is 4.05. The number of hydrogen-bond donors (Lipinski definition) is 2. The van der Waals surface area contributed by atoms with E-state index in [2.05, 4.69) is 24.3 Å². The maximum Gasteiger partial charge on any atom is 0.244 e. The number of nitrogens with zero attached hydrogens (tertiary/aromatic N) is 2. The number of aromatic nitrogens is 1. The molecular weight excluding hydrogens is 284 g/mol. The second-order valence-electron chi connectivity index (χ2n) is 4.97. The van der Waals surface area contributed by atoms with E-state index in [0.717, 1.165) is 5.75 Å². The zero-order chi connectivity index (χ0) is 14.1. The Morgan fingerprint density at radius 3 is 2.74 bits per heavy atom. The fraction of sp³-hybridized carbons (Fsp3) is 0.545. The third-order valence-corrected chi connectivity index (χ3v) is 6.04. The van der Waals surface area contributed by atoms with Gasteiger partial charge >= 0.3 is 0 Å². The Morgan fingerprint density at radius 1 is 1.47 bits per heavy atom. The first kappa shape index (κ1) is 14.6. The van der Waals surface area contributed by atoms with E-state index in [1.54, 1.807) is 17.8 Å². The molecule has 0 radical (unpaired) electrons. The first-order valence-corrected chi connectivity index (χ1v) is 8.34. The number of nitrogens with one attached hydrogen (secondary N) is 1. The summed E-state index contributed by atoms with van der Waals surface area (Å²) in [7, 11) is -3.47. The molecule has 0 unspecified atom stereocenters. The van der Waals surface area contributed by atoms with E-state index in [1.165, 1.54) is 16.6 Å². The predicted octanol–water partition coefficient (Wildman–Crippen LogP) is 0.883. The summed E-state index contributed by atoms with van der Waals surface area (Å²) in [6.07, 6.45) is 1.33. The van der Waals surface area contributed by atoms with Gasteiger partial charge in [0.1, 0.15) is 10.7 Å². The summed E-state index contributed by atoms with van der Waals surface area (Å²) in [5, 5.41) is 0. The van der Waals surface area contributed by atoms with Crippen molar-refractivity contribution in [2.75, 3.05) is 24.3 Å². The van der Waals surface area contributed by atoms with Gasteiger partial charge in [-0.2, -0.15) is 16.1 Å². The van der Waals surface area contributed by atoms with E-state index in [-0.39, 0.29) is 9.64 Å². The van der Waals surface area contributed by atoms with E-state index < -0.39 is 10.0 Å². The van der Waals surface area contributed by atoms with Crippen LogP contribution in [0.2, 0.25) is 0 Å². The number of anilines is 1. The molecule has 1 aliphatic heterocycles. The summed E-state index contributed by atoms with van der Waals surface area (Å²) in [5.74, 6) is 6.46. The van der Waals surface area contributed by atoms with E-state index in [1.807, 2.05) is 0 Å². The molecule has 1 fully saturated rings. The molecule has 19 heavy (non-hydrogen) atoms. The van der Waals surface area contributed by atoms with Crippen LogP contribution in [0.4, 0.5) is 5.82 Å². The molecule has 0 spiro atoms. The molecule has 1 aliphatic rings. The van der Waals surface area contributed by atoms with Crippen LogP contribution in [0.15, 0.2) is 23.2 Å². The SMILES string of the molecule is CC1(C)CN(S(=O)(=O)c2ccc(NN)nc2)CCS1. The van der Waals surface area contributed by atoms with Gasteiger partial charge in [0.05, 0.1) is 0 Å². The van der Waals surface area contributed by atoms with Crippen molar-refractivity contribution in [2.45, 2.75) is 23.5 Å². The van der Waals surface area contributed by atoms with Crippen LogP contribution in [0.25, 0.3) is 0 Å². The van der Waals surface area contributed by atoms with Crippen LogP contribution in [0.5, 0.6) is 0 Å². The molecule has 1 aromatic heterocycles. The summed E-state index contributed by atoms with van der Waals surface area (Å²) >= 11 is 1.79. The number of hydrazine groups is 1. The summed E-state index contributed by atoms with van der Waals surface area (Å²) in [6, 6.07) is 3.07. The second-order valence-corrected chi connectivity index (χ2v) is 8.71. The topological polar surface area (TPSA) is 88.3 Å². The third-order valence-electron chi connectivity index (χ3n) is 2.91. The Morgan fingerprint density at radius 2 is 2.21 bits per heavy atom. The number of nitrogen functional groups attached to an aromatic ring is 1. The van der Waals surface area contributed by atoms with Crippen LogP contribution in [0.1, 0.15) is 13.8 Å². The summed E-state index contributed by atoms with van der Waals surface area (Å²) in [4.78, 5) is 4.15. The number of nitrogens with two attached hydrogens (primary N) is 1. The highest BCUT2D eigenvalue weighted by Crippen LogP contribution is 2.32. The highest BCUT2D eigenvalue weighted by Gasteiger charge is 2.34. The molecule has 2 rings (SSSR count). The zero-order valence-electron chi connectivity index (χ0n) is 11.0. The molecule has 1 aromatic rings. The average Bonchev–Trinajstić information content (AvgIpc) is 2.37. The number of sulfonamides is 1. The van der Waals surface area contributed by atoms with Crippen molar-refractivity contribution in [3.63, 3.8) is 0 Å². The first-order chi connectivity index (χ1) is 8.85. The van der Waals surface area contributed by atoms with Crippen LogP contribution in [-0.4, -0.2) is 41.3 Å². The van der Waals surface area contributed by atoms with Gasteiger partial charge in [-0.15, -0.1) is 0 Å². The van der Waals surface area contributed by atoms with Crippen molar-refractivity contribution < 1.29 is 8.42 Å². The molecule has 2 heterocycles. The summed E-state index contributed by atoms with van der Waals surface area (Å²) < 4.78 is 26.5. The van der Waals surface area contributed by atoms with Gasteiger partial charge in [0, 0.05) is 29.8 Å². The zero-order valence-corrected chi connectivity index (χ0v) is 12.6. The first-order valence-electron chi connectivity index (χ1n) is 5.92.